The van der Waals surface area contributed by atoms with E-state index in [0.29, 0.717) is 17.0 Å². The van der Waals surface area contributed by atoms with Crippen molar-refractivity contribution in [1.29, 1.82) is 0 Å². The van der Waals surface area contributed by atoms with E-state index in [0.717, 1.165) is 0 Å². The van der Waals surface area contributed by atoms with E-state index >= 15 is 4.39 Å². The summed E-state index contributed by atoms with van der Waals surface area (Å²) in [4.78, 5) is 26.3. The number of ether oxygens (including phenoxy) is 1. The van der Waals surface area contributed by atoms with Gasteiger partial charge >= 0.3 is 0 Å². The van der Waals surface area contributed by atoms with Gasteiger partial charge in [0, 0.05) is 24.7 Å². The van der Waals surface area contributed by atoms with Gasteiger partial charge in [-0.05, 0) is 31.2 Å². The second kappa shape index (κ2) is 6.99. The molecule has 3 heterocycles. The highest BCUT2D eigenvalue weighted by Crippen LogP contribution is 2.36. The number of nitrogens with zero attached hydrogens (tertiary/aromatic N) is 5. The van der Waals surface area contributed by atoms with Crippen LogP contribution >= 0.6 is 0 Å². The van der Waals surface area contributed by atoms with Crippen molar-refractivity contribution in [3.63, 3.8) is 0 Å². The van der Waals surface area contributed by atoms with E-state index in [1.165, 1.54) is 17.3 Å². The molecule has 0 aliphatic carbocycles. The molecular weight excluding hydrogens is 365 g/mol. The molecular formula is C19H18FN5O3. The fourth-order valence-corrected chi connectivity index (χ4v) is 3.05. The summed E-state index contributed by atoms with van der Waals surface area (Å²) in [6, 6.07) is 7.04. The van der Waals surface area contributed by atoms with Crippen molar-refractivity contribution in [1.82, 2.24) is 25.0 Å². The molecule has 2 aromatic heterocycles. The molecule has 1 fully saturated rings. The van der Waals surface area contributed by atoms with Crippen molar-refractivity contribution in [2.24, 2.45) is 0 Å². The SMILES string of the molecule is COc1ccc(-c2noc(C3(F)CCN(C(=O)c4cnc(C)cn4)C3)n2)cc1. The predicted octanol–water partition coefficient (Wildman–Crippen LogP) is 2.55. The largest absolute Gasteiger partial charge is 0.497 e. The topological polar surface area (TPSA) is 94.2 Å². The van der Waals surface area contributed by atoms with Gasteiger partial charge in [-0.2, -0.15) is 4.98 Å². The number of hydrogen-bond donors (Lipinski definition) is 0. The number of methoxy groups -OCH3 is 1. The number of likely N-dealkylation sites (tertiary alicyclic amines) is 1. The van der Waals surface area contributed by atoms with Crippen molar-refractivity contribution in [2.45, 2.75) is 19.0 Å². The summed E-state index contributed by atoms with van der Waals surface area (Å²) in [5.74, 6) is 0.466. The highest BCUT2D eigenvalue weighted by atomic mass is 19.1. The third-order valence-electron chi connectivity index (χ3n) is 4.66. The highest BCUT2D eigenvalue weighted by molar-refractivity contribution is 5.92. The Kier molecular flexibility index (Phi) is 4.50. The van der Waals surface area contributed by atoms with Crippen molar-refractivity contribution in [2.75, 3.05) is 20.2 Å². The van der Waals surface area contributed by atoms with Crippen LogP contribution in [0.5, 0.6) is 5.75 Å². The van der Waals surface area contributed by atoms with E-state index in [-0.39, 0.29) is 42.8 Å². The van der Waals surface area contributed by atoms with E-state index in [1.807, 2.05) is 0 Å². The van der Waals surface area contributed by atoms with Crippen LogP contribution in [-0.2, 0) is 5.67 Å². The molecule has 1 unspecified atom stereocenters. The summed E-state index contributed by atoms with van der Waals surface area (Å²) in [5.41, 5.74) is -0.333. The summed E-state index contributed by atoms with van der Waals surface area (Å²) >= 11 is 0. The predicted molar refractivity (Wildman–Crippen MR) is 96.4 cm³/mol. The Morgan fingerprint density at radius 3 is 2.71 bits per heavy atom. The zero-order valence-corrected chi connectivity index (χ0v) is 15.4. The van der Waals surface area contributed by atoms with Gasteiger partial charge in [0.1, 0.15) is 11.4 Å². The van der Waals surface area contributed by atoms with Crippen LogP contribution < -0.4 is 4.74 Å². The number of benzene rings is 1. The zero-order chi connectivity index (χ0) is 19.7. The van der Waals surface area contributed by atoms with Gasteiger partial charge in [0.2, 0.25) is 11.5 Å². The average Bonchev–Trinajstić information content (AvgIpc) is 3.36. The van der Waals surface area contributed by atoms with Gasteiger partial charge < -0.3 is 14.2 Å². The van der Waals surface area contributed by atoms with E-state index in [1.54, 1.807) is 38.3 Å². The number of halogens is 1. The number of aromatic nitrogens is 4. The van der Waals surface area contributed by atoms with Crippen LogP contribution in [0.2, 0.25) is 0 Å². The van der Waals surface area contributed by atoms with Gasteiger partial charge in [-0.15, -0.1) is 0 Å². The van der Waals surface area contributed by atoms with Crippen LogP contribution in [0, 0.1) is 6.92 Å². The Labute approximate surface area is 160 Å². The molecule has 3 aromatic rings. The molecule has 1 aliphatic heterocycles. The van der Waals surface area contributed by atoms with Crippen molar-refractivity contribution >= 4 is 5.91 Å². The van der Waals surface area contributed by atoms with Crippen LogP contribution in [-0.4, -0.2) is 51.1 Å². The number of hydrogen-bond acceptors (Lipinski definition) is 7. The number of aryl methyl sites for hydroxylation is 1. The Bertz CT molecular complexity index is 990. The summed E-state index contributed by atoms with van der Waals surface area (Å²) < 4.78 is 25.7. The van der Waals surface area contributed by atoms with Crippen LogP contribution in [0.3, 0.4) is 0 Å². The normalized spacial score (nSPS) is 19.0. The maximum absolute atomic E-state index is 15.4. The fourth-order valence-electron chi connectivity index (χ4n) is 3.05. The minimum atomic E-state index is -1.90. The van der Waals surface area contributed by atoms with Crippen LogP contribution in [0.4, 0.5) is 4.39 Å². The number of rotatable bonds is 4. The highest BCUT2D eigenvalue weighted by Gasteiger charge is 2.46. The number of alkyl halides is 1. The molecule has 1 aromatic carbocycles. The van der Waals surface area contributed by atoms with Gasteiger partial charge in [0.15, 0.2) is 0 Å². The molecule has 144 valence electrons. The molecule has 0 N–H and O–H groups in total. The molecule has 1 saturated heterocycles. The summed E-state index contributed by atoms with van der Waals surface area (Å²) in [6.07, 6.45) is 2.97. The Hall–Kier alpha value is -3.36. The summed E-state index contributed by atoms with van der Waals surface area (Å²) in [6.45, 7) is 1.83. The van der Waals surface area contributed by atoms with Crippen LogP contribution in [0.25, 0.3) is 11.4 Å². The first-order chi connectivity index (χ1) is 13.5. The minimum absolute atomic E-state index is 0.0717. The quantitative estimate of drug-likeness (QED) is 0.683. The lowest BCUT2D eigenvalue weighted by Crippen LogP contribution is -2.33. The molecule has 0 saturated carbocycles. The molecule has 1 atom stereocenters. The summed E-state index contributed by atoms with van der Waals surface area (Å²) in [5, 5.41) is 3.88. The monoisotopic (exact) mass is 383 g/mol. The molecule has 28 heavy (non-hydrogen) atoms. The molecule has 8 nitrogen and oxygen atoms in total. The third kappa shape index (κ3) is 3.30. The lowest BCUT2D eigenvalue weighted by atomic mass is 10.1. The Morgan fingerprint density at radius 1 is 1.25 bits per heavy atom. The lowest BCUT2D eigenvalue weighted by molar-refractivity contribution is 0.0711. The molecule has 1 aliphatic rings. The first-order valence-electron chi connectivity index (χ1n) is 8.74. The van der Waals surface area contributed by atoms with Gasteiger partial charge in [0.25, 0.3) is 11.8 Å². The standard InChI is InChI=1S/C19H18FN5O3/c1-12-9-22-15(10-21-12)17(26)25-8-7-19(20,11-25)18-23-16(24-28-18)13-3-5-14(27-2)6-4-13/h3-6,9-10H,7-8,11H2,1-2H3. The fraction of sp³-hybridized carbons (Fsp3) is 0.316. The van der Waals surface area contributed by atoms with Crippen molar-refractivity contribution in [3.05, 3.63) is 53.9 Å². The number of carbonyl (C=O) groups is 1. The molecule has 0 radical (unpaired) electrons. The first-order valence-corrected chi connectivity index (χ1v) is 8.74. The molecule has 0 spiro atoms. The van der Waals surface area contributed by atoms with E-state index < -0.39 is 5.67 Å². The second-order valence-corrected chi connectivity index (χ2v) is 6.64. The van der Waals surface area contributed by atoms with Crippen molar-refractivity contribution < 1.29 is 18.4 Å². The van der Waals surface area contributed by atoms with E-state index in [4.69, 9.17) is 9.26 Å². The minimum Gasteiger partial charge on any atom is -0.497 e. The van der Waals surface area contributed by atoms with Crippen LogP contribution in [0.15, 0.2) is 41.2 Å². The number of amides is 1. The first kappa shape index (κ1) is 18.0. The Balaban J connectivity index is 1.51. The van der Waals surface area contributed by atoms with E-state index in [2.05, 4.69) is 20.1 Å². The zero-order valence-electron chi connectivity index (χ0n) is 15.4. The Morgan fingerprint density at radius 2 is 2.04 bits per heavy atom. The molecule has 1 amide bonds. The van der Waals surface area contributed by atoms with Gasteiger partial charge in [0.05, 0.1) is 25.5 Å². The van der Waals surface area contributed by atoms with Crippen molar-refractivity contribution in [3.8, 4) is 17.1 Å². The number of carbonyl (C=O) groups excluding carboxylic acids is 1. The third-order valence-corrected chi connectivity index (χ3v) is 4.66. The lowest BCUT2D eigenvalue weighted by Gasteiger charge is -2.17. The molecule has 0 bridgehead atoms. The second-order valence-electron chi connectivity index (χ2n) is 6.64. The van der Waals surface area contributed by atoms with E-state index in [9.17, 15) is 4.79 Å². The maximum Gasteiger partial charge on any atom is 0.274 e. The smallest absolute Gasteiger partial charge is 0.274 e. The molecule has 9 heteroatoms. The molecule has 4 rings (SSSR count). The van der Waals surface area contributed by atoms with Gasteiger partial charge in [-0.1, -0.05) is 5.16 Å². The summed E-state index contributed by atoms with van der Waals surface area (Å²) in [7, 11) is 1.57. The van der Waals surface area contributed by atoms with Crippen LogP contribution in [0.1, 0.15) is 28.5 Å². The van der Waals surface area contributed by atoms with Gasteiger partial charge in [-0.25, -0.2) is 9.37 Å². The average molecular weight is 383 g/mol. The van der Waals surface area contributed by atoms with Gasteiger partial charge in [-0.3, -0.25) is 9.78 Å². The maximum atomic E-state index is 15.4.